The summed E-state index contributed by atoms with van der Waals surface area (Å²) in [7, 11) is 1.58. The van der Waals surface area contributed by atoms with Crippen LogP contribution in [0.25, 0.3) is 10.9 Å². The number of rotatable bonds is 3. The molecule has 2 aromatic heterocycles. The maximum absolute atomic E-state index is 12.3. The number of hydrogen-bond acceptors (Lipinski definition) is 4. The molecule has 0 unspecified atom stereocenters. The lowest BCUT2D eigenvalue weighted by molar-refractivity contribution is 0.415. The zero-order valence-corrected chi connectivity index (χ0v) is 10.4. The van der Waals surface area contributed by atoms with Gasteiger partial charge in [0.1, 0.15) is 12.4 Å². The molecule has 0 atom stereocenters. The third-order valence-electron chi connectivity index (χ3n) is 2.91. The van der Waals surface area contributed by atoms with Crippen molar-refractivity contribution in [1.29, 1.82) is 0 Å². The van der Waals surface area contributed by atoms with Gasteiger partial charge < -0.3 is 9.30 Å². The monoisotopic (exact) mass is 256 g/mol. The molecule has 0 aliphatic heterocycles. The highest BCUT2D eigenvalue weighted by atomic mass is 16.5. The van der Waals surface area contributed by atoms with Crippen molar-refractivity contribution in [1.82, 2.24) is 19.1 Å². The van der Waals surface area contributed by atoms with E-state index in [0.29, 0.717) is 23.3 Å². The number of methoxy groups -OCH3 is 1. The Balaban J connectivity index is 2.08. The van der Waals surface area contributed by atoms with E-state index in [2.05, 4.69) is 9.97 Å². The molecule has 0 saturated heterocycles. The summed E-state index contributed by atoms with van der Waals surface area (Å²) in [5.41, 5.74) is 0.549. The zero-order valence-electron chi connectivity index (χ0n) is 10.4. The van der Waals surface area contributed by atoms with Gasteiger partial charge in [-0.3, -0.25) is 9.36 Å². The Morgan fingerprint density at radius 1 is 1.32 bits per heavy atom. The summed E-state index contributed by atoms with van der Waals surface area (Å²) in [5.74, 6) is 0.687. The standard InChI is InChI=1S/C13H12N4O2/c1-19-10-2-3-11-12(6-10)15-8-17(13(11)18)9-16-5-4-14-7-16/h2-8H,9H2,1H3. The van der Waals surface area contributed by atoms with E-state index in [1.807, 2.05) is 0 Å². The second kappa shape index (κ2) is 4.56. The van der Waals surface area contributed by atoms with E-state index >= 15 is 0 Å². The summed E-state index contributed by atoms with van der Waals surface area (Å²) in [6.07, 6.45) is 6.66. The van der Waals surface area contributed by atoms with Crippen LogP contribution < -0.4 is 10.3 Å². The summed E-state index contributed by atoms with van der Waals surface area (Å²) >= 11 is 0. The van der Waals surface area contributed by atoms with Crippen LogP contribution in [0, 0.1) is 0 Å². The summed E-state index contributed by atoms with van der Waals surface area (Å²) in [6.45, 7) is 0.397. The van der Waals surface area contributed by atoms with Gasteiger partial charge in [0.2, 0.25) is 0 Å². The zero-order chi connectivity index (χ0) is 13.2. The van der Waals surface area contributed by atoms with Crippen LogP contribution in [0.3, 0.4) is 0 Å². The minimum atomic E-state index is -0.0821. The Morgan fingerprint density at radius 3 is 2.95 bits per heavy atom. The fourth-order valence-electron chi connectivity index (χ4n) is 1.91. The van der Waals surface area contributed by atoms with Crippen molar-refractivity contribution in [2.24, 2.45) is 0 Å². The fraction of sp³-hybridized carbons (Fsp3) is 0.154. The number of fused-ring (bicyclic) bond motifs is 1. The Morgan fingerprint density at radius 2 is 2.21 bits per heavy atom. The van der Waals surface area contributed by atoms with Crippen LogP contribution in [0.15, 0.2) is 48.0 Å². The number of benzene rings is 1. The SMILES string of the molecule is COc1ccc2c(=O)n(Cn3ccnc3)cnc2c1. The molecule has 6 heteroatoms. The van der Waals surface area contributed by atoms with Crippen molar-refractivity contribution in [2.45, 2.75) is 6.67 Å². The molecule has 0 fully saturated rings. The van der Waals surface area contributed by atoms with Crippen LogP contribution in [0.2, 0.25) is 0 Å². The van der Waals surface area contributed by atoms with Gasteiger partial charge in [-0.05, 0) is 12.1 Å². The molecule has 0 saturated carbocycles. The number of imidazole rings is 1. The van der Waals surface area contributed by atoms with E-state index in [1.165, 1.54) is 10.9 Å². The third-order valence-corrected chi connectivity index (χ3v) is 2.91. The molecule has 96 valence electrons. The van der Waals surface area contributed by atoms with Crippen molar-refractivity contribution in [3.05, 3.63) is 53.6 Å². The van der Waals surface area contributed by atoms with Crippen molar-refractivity contribution in [3.8, 4) is 5.75 Å². The first kappa shape index (κ1) is 11.5. The Labute approximate surface area is 108 Å². The van der Waals surface area contributed by atoms with Crippen molar-refractivity contribution < 1.29 is 4.74 Å². The van der Waals surface area contributed by atoms with E-state index in [1.54, 1.807) is 48.6 Å². The first-order chi connectivity index (χ1) is 9.28. The second-order valence-corrected chi connectivity index (χ2v) is 4.12. The van der Waals surface area contributed by atoms with Crippen molar-refractivity contribution >= 4 is 10.9 Å². The predicted octanol–water partition coefficient (Wildman–Crippen LogP) is 1.11. The van der Waals surface area contributed by atoms with Crippen LogP contribution >= 0.6 is 0 Å². The average molecular weight is 256 g/mol. The second-order valence-electron chi connectivity index (χ2n) is 4.12. The Kier molecular flexibility index (Phi) is 2.75. The summed E-state index contributed by atoms with van der Waals surface area (Å²) in [6, 6.07) is 5.24. The highest BCUT2D eigenvalue weighted by molar-refractivity contribution is 5.78. The van der Waals surface area contributed by atoms with E-state index in [9.17, 15) is 4.79 Å². The minimum absolute atomic E-state index is 0.0821. The number of nitrogens with zero attached hydrogens (tertiary/aromatic N) is 4. The molecule has 0 aliphatic rings. The Hall–Kier alpha value is -2.63. The average Bonchev–Trinajstić information content (AvgIpc) is 2.94. The van der Waals surface area contributed by atoms with Gasteiger partial charge >= 0.3 is 0 Å². The molecular weight excluding hydrogens is 244 g/mol. The number of aromatic nitrogens is 4. The molecule has 3 rings (SSSR count). The van der Waals surface area contributed by atoms with Gasteiger partial charge in [-0.2, -0.15) is 0 Å². The fourth-order valence-corrected chi connectivity index (χ4v) is 1.91. The van der Waals surface area contributed by atoms with Crippen molar-refractivity contribution in [2.75, 3.05) is 7.11 Å². The van der Waals surface area contributed by atoms with Gasteiger partial charge in [-0.1, -0.05) is 0 Å². The smallest absolute Gasteiger partial charge is 0.262 e. The summed E-state index contributed by atoms with van der Waals surface area (Å²) in [4.78, 5) is 20.5. The molecule has 0 aliphatic carbocycles. The van der Waals surface area contributed by atoms with Crippen LogP contribution in [-0.2, 0) is 6.67 Å². The lowest BCUT2D eigenvalue weighted by Crippen LogP contribution is -2.23. The van der Waals surface area contributed by atoms with Crippen LogP contribution in [0.1, 0.15) is 0 Å². The van der Waals surface area contributed by atoms with E-state index < -0.39 is 0 Å². The van der Waals surface area contributed by atoms with Gasteiger partial charge in [-0.25, -0.2) is 9.97 Å². The van der Waals surface area contributed by atoms with Gasteiger partial charge in [0, 0.05) is 18.5 Å². The molecule has 6 nitrogen and oxygen atoms in total. The topological polar surface area (TPSA) is 61.9 Å². The maximum atomic E-state index is 12.3. The van der Waals surface area contributed by atoms with Crippen LogP contribution in [0.5, 0.6) is 5.75 Å². The molecule has 1 aromatic carbocycles. The summed E-state index contributed by atoms with van der Waals surface area (Å²) in [5, 5.41) is 0.573. The summed E-state index contributed by atoms with van der Waals surface area (Å²) < 4.78 is 8.46. The normalized spacial score (nSPS) is 10.8. The highest BCUT2D eigenvalue weighted by Crippen LogP contribution is 2.15. The molecule has 0 amide bonds. The largest absolute Gasteiger partial charge is 0.497 e. The molecule has 0 spiro atoms. The van der Waals surface area contributed by atoms with Gasteiger partial charge in [0.05, 0.1) is 30.7 Å². The van der Waals surface area contributed by atoms with Crippen LogP contribution in [-0.4, -0.2) is 26.2 Å². The first-order valence-corrected chi connectivity index (χ1v) is 5.77. The third kappa shape index (κ3) is 2.08. The highest BCUT2D eigenvalue weighted by Gasteiger charge is 2.05. The first-order valence-electron chi connectivity index (χ1n) is 5.77. The van der Waals surface area contributed by atoms with Gasteiger partial charge in [0.15, 0.2) is 0 Å². The molecular formula is C13H12N4O2. The Bertz CT molecular complexity index is 762. The van der Waals surface area contributed by atoms with E-state index in [-0.39, 0.29) is 5.56 Å². The molecule has 0 N–H and O–H groups in total. The molecule has 0 bridgehead atoms. The molecule has 2 heterocycles. The maximum Gasteiger partial charge on any atom is 0.262 e. The van der Waals surface area contributed by atoms with Crippen molar-refractivity contribution in [3.63, 3.8) is 0 Å². The van der Waals surface area contributed by atoms with Crippen LogP contribution in [0.4, 0.5) is 0 Å². The molecule has 3 aromatic rings. The quantitative estimate of drug-likeness (QED) is 0.704. The van der Waals surface area contributed by atoms with E-state index in [4.69, 9.17) is 4.74 Å². The number of hydrogen-bond donors (Lipinski definition) is 0. The minimum Gasteiger partial charge on any atom is -0.497 e. The van der Waals surface area contributed by atoms with Gasteiger partial charge in [0.25, 0.3) is 5.56 Å². The van der Waals surface area contributed by atoms with E-state index in [0.717, 1.165) is 0 Å². The lowest BCUT2D eigenvalue weighted by Gasteiger charge is -2.07. The molecule has 19 heavy (non-hydrogen) atoms. The predicted molar refractivity (Wildman–Crippen MR) is 70.2 cm³/mol. The van der Waals surface area contributed by atoms with Gasteiger partial charge in [-0.15, -0.1) is 0 Å². The number of ether oxygens (including phenoxy) is 1. The molecule has 0 radical (unpaired) electrons. The lowest BCUT2D eigenvalue weighted by atomic mass is 10.2.